The van der Waals surface area contributed by atoms with Crippen LogP contribution >= 0.6 is 0 Å². The number of imidazole rings is 1. The van der Waals surface area contributed by atoms with Gasteiger partial charge in [0, 0.05) is 66.3 Å². The molecule has 11 heteroatoms. The molecule has 294 valence electrons. The molecule has 57 heavy (non-hydrogen) atoms. The number of aromatic nitrogens is 2. The molecule has 0 aliphatic carbocycles. The van der Waals surface area contributed by atoms with Gasteiger partial charge in [0.25, 0.3) is 5.91 Å². The highest BCUT2D eigenvalue weighted by atomic mass is 16.3. The maximum atomic E-state index is 13.7. The lowest BCUT2D eigenvalue weighted by molar-refractivity contribution is -0.119. The molecule has 5 atom stereocenters. The second kappa shape index (κ2) is 15.9. The molecule has 3 amide bonds. The van der Waals surface area contributed by atoms with E-state index in [-0.39, 0.29) is 41.9 Å². The zero-order chi connectivity index (χ0) is 39.8. The number of aliphatic hydroxyl groups excluding tert-OH is 1. The van der Waals surface area contributed by atoms with Crippen LogP contribution in [-0.2, 0) is 22.7 Å². The molecule has 11 nitrogen and oxygen atoms in total. The number of hydrogen-bond donors (Lipinski definition) is 3. The Labute approximate surface area is 334 Å². The highest BCUT2D eigenvalue weighted by molar-refractivity contribution is 5.96. The van der Waals surface area contributed by atoms with Gasteiger partial charge in [-0.25, -0.2) is 4.98 Å². The third-order valence-electron chi connectivity index (χ3n) is 11.8. The molecule has 0 spiro atoms. The maximum absolute atomic E-state index is 13.7. The molecule has 3 N–H and O–H groups in total. The second-order valence-corrected chi connectivity index (χ2v) is 15.5. The van der Waals surface area contributed by atoms with Gasteiger partial charge in [-0.1, -0.05) is 62.4 Å². The Morgan fingerprint density at radius 1 is 0.719 bits per heavy atom. The molecule has 8 rings (SSSR count). The van der Waals surface area contributed by atoms with Crippen molar-refractivity contribution < 1.29 is 19.5 Å². The van der Waals surface area contributed by atoms with Crippen molar-refractivity contribution in [1.82, 2.24) is 14.5 Å². The topological polar surface area (TPSA) is 123 Å². The summed E-state index contributed by atoms with van der Waals surface area (Å²) < 4.78 is 2.02. The van der Waals surface area contributed by atoms with Crippen LogP contribution in [0, 0.1) is 0 Å². The molecular weight excluding hydrogens is 715 g/mol. The van der Waals surface area contributed by atoms with Crippen LogP contribution in [0.2, 0.25) is 0 Å². The van der Waals surface area contributed by atoms with Crippen LogP contribution < -0.4 is 20.4 Å². The van der Waals surface area contributed by atoms with Gasteiger partial charge in [0.1, 0.15) is 11.9 Å². The summed E-state index contributed by atoms with van der Waals surface area (Å²) in [7, 11) is 0. The van der Waals surface area contributed by atoms with Gasteiger partial charge in [0.2, 0.25) is 11.8 Å². The number of amides is 3. The van der Waals surface area contributed by atoms with Crippen LogP contribution in [0.5, 0.6) is 0 Å². The van der Waals surface area contributed by atoms with Crippen LogP contribution in [0.3, 0.4) is 0 Å². The van der Waals surface area contributed by atoms with Crippen molar-refractivity contribution in [2.24, 2.45) is 0 Å². The van der Waals surface area contributed by atoms with Gasteiger partial charge in [-0.3, -0.25) is 14.4 Å². The number of para-hydroxylation sites is 2. The fourth-order valence-corrected chi connectivity index (χ4v) is 8.90. The lowest BCUT2D eigenvalue weighted by Gasteiger charge is -2.40. The Bertz CT molecular complexity index is 2270. The first-order valence-electron chi connectivity index (χ1n) is 20.2. The SMILES string of the molecule is CCC(=O)N1c2ccccc2[C@H](Nc2ccc(C(=O)N3CCn4c(C(O)c5ccc(N[C@@H]6C[C@H](C)N(C(=O)CC)c7ccccc76)cc5)cnc4C3)cc2)C[C@@H]1C. The van der Waals surface area contributed by atoms with Crippen LogP contribution in [0.15, 0.2) is 103 Å². The molecule has 3 aliphatic rings. The van der Waals surface area contributed by atoms with E-state index >= 15 is 0 Å². The van der Waals surface area contributed by atoms with Gasteiger partial charge >= 0.3 is 0 Å². The minimum atomic E-state index is -0.874. The Balaban J connectivity index is 0.898. The van der Waals surface area contributed by atoms with Crippen LogP contribution in [-0.4, -0.2) is 55.9 Å². The summed E-state index contributed by atoms with van der Waals surface area (Å²) in [6.07, 6.45) is 3.33. The Hall–Kier alpha value is -5.94. The predicted octanol–water partition coefficient (Wildman–Crippen LogP) is 8.00. The number of fused-ring (bicyclic) bond motifs is 3. The molecule has 0 saturated heterocycles. The molecule has 0 radical (unpaired) electrons. The van der Waals surface area contributed by atoms with E-state index in [9.17, 15) is 19.5 Å². The molecule has 0 bridgehead atoms. The first-order chi connectivity index (χ1) is 27.6. The Morgan fingerprint density at radius 3 is 1.75 bits per heavy atom. The van der Waals surface area contributed by atoms with E-state index in [4.69, 9.17) is 0 Å². The lowest BCUT2D eigenvalue weighted by atomic mass is 9.91. The highest BCUT2D eigenvalue weighted by Crippen LogP contribution is 2.41. The molecule has 4 aromatic carbocycles. The van der Waals surface area contributed by atoms with E-state index in [2.05, 4.69) is 41.6 Å². The molecule has 1 unspecified atom stereocenters. The van der Waals surface area contributed by atoms with Gasteiger partial charge in [0.15, 0.2) is 0 Å². The second-order valence-electron chi connectivity index (χ2n) is 15.5. The van der Waals surface area contributed by atoms with E-state index < -0.39 is 6.10 Å². The summed E-state index contributed by atoms with van der Waals surface area (Å²) in [5.41, 5.74) is 8.01. The van der Waals surface area contributed by atoms with Gasteiger partial charge in [-0.15, -0.1) is 0 Å². The minimum Gasteiger partial charge on any atom is -0.382 e. The number of anilines is 4. The first kappa shape index (κ1) is 38.0. The third-order valence-corrected chi connectivity index (χ3v) is 11.8. The van der Waals surface area contributed by atoms with Crippen molar-refractivity contribution in [3.63, 3.8) is 0 Å². The van der Waals surface area contributed by atoms with E-state index in [1.807, 2.05) is 113 Å². The number of nitrogens with one attached hydrogen (secondary N) is 2. The number of hydrogen-bond acceptors (Lipinski definition) is 7. The smallest absolute Gasteiger partial charge is 0.254 e. The quantitative estimate of drug-likeness (QED) is 0.139. The molecule has 5 aromatic rings. The monoisotopic (exact) mass is 765 g/mol. The fourth-order valence-electron chi connectivity index (χ4n) is 8.90. The Kier molecular flexibility index (Phi) is 10.6. The number of carbonyl (C=O) groups excluding carboxylic acids is 3. The third kappa shape index (κ3) is 7.28. The van der Waals surface area contributed by atoms with Crippen molar-refractivity contribution in [1.29, 1.82) is 0 Å². The van der Waals surface area contributed by atoms with Gasteiger partial charge in [0.05, 0.1) is 30.5 Å². The summed E-state index contributed by atoms with van der Waals surface area (Å²) in [6.45, 7) is 9.36. The minimum absolute atomic E-state index is 0.0357. The van der Waals surface area contributed by atoms with Crippen molar-refractivity contribution in [3.05, 3.63) is 137 Å². The van der Waals surface area contributed by atoms with Crippen molar-refractivity contribution in [2.75, 3.05) is 27.0 Å². The zero-order valence-corrected chi connectivity index (χ0v) is 33.1. The van der Waals surface area contributed by atoms with E-state index in [0.29, 0.717) is 43.7 Å². The lowest BCUT2D eigenvalue weighted by Crippen LogP contribution is -2.44. The molecule has 0 saturated carbocycles. The molecule has 4 heterocycles. The molecule has 0 fully saturated rings. The fraction of sp³-hybridized carbons (Fsp3) is 0.348. The maximum Gasteiger partial charge on any atom is 0.254 e. The number of rotatable bonds is 9. The van der Waals surface area contributed by atoms with Crippen molar-refractivity contribution in [3.8, 4) is 0 Å². The summed E-state index contributed by atoms with van der Waals surface area (Å²) in [4.78, 5) is 49.5. The molecule has 1 aromatic heterocycles. The average Bonchev–Trinajstić information content (AvgIpc) is 3.67. The molecule has 3 aliphatic heterocycles. The summed E-state index contributed by atoms with van der Waals surface area (Å²) in [6, 6.07) is 31.8. The largest absolute Gasteiger partial charge is 0.382 e. The predicted molar refractivity (Wildman–Crippen MR) is 223 cm³/mol. The zero-order valence-electron chi connectivity index (χ0n) is 33.1. The van der Waals surface area contributed by atoms with Gasteiger partial charge < -0.3 is 35.0 Å². The van der Waals surface area contributed by atoms with Crippen molar-refractivity contribution in [2.45, 2.75) is 96.7 Å². The summed E-state index contributed by atoms with van der Waals surface area (Å²) in [5.74, 6) is 0.927. The number of benzene rings is 4. The van der Waals surface area contributed by atoms with Crippen LogP contribution in [0.4, 0.5) is 22.7 Å². The van der Waals surface area contributed by atoms with E-state index in [1.165, 1.54) is 0 Å². The normalized spacial score (nSPS) is 20.5. The van der Waals surface area contributed by atoms with E-state index in [1.54, 1.807) is 11.1 Å². The van der Waals surface area contributed by atoms with Gasteiger partial charge in [-0.2, -0.15) is 0 Å². The van der Waals surface area contributed by atoms with E-state index in [0.717, 1.165) is 58.1 Å². The first-order valence-corrected chi connectivity index (χ1v) is 20.2. The average molecular weight is 766 g/mol. The summed E-state index contributed by atoms with van der Waals surface area (Å²) >= 11 is 0. The van der Waals surface area contributed by atoms with Crippen molar-refractivity contribution >= 4 is 40.5 Å². The standard InChI is InChI=1S/C46H51N7O4/c1-5-43(54)52-29(3)25-37(35-11-7-9-13-39(35)52)48-33-19-15-31(16-20-33)45(56)41-27-47-42-28-50(23-24-51(41)42)46(57)32-17-21-34(22-18-32)49-38-26-30(4)53(44(55)6-2)40-14-10-8-12-36(38)40/h7-22,27,29-30,37-38,45,48-49,56H,5-6,23-26,28H2,1-4H3/t29-,30-,37+,38+,45?/m0/s1. The van der Waals surface area contributed by atoms with Crippen LogP contribution in [0.25, 0.3) is 0 Å². The summed E-state index contributed by atoms with van der Waals surface area (Å²) in [5, 5.41) is 18.8. The number of carbonyl (C=O) groups is 3. The van der Waals surface area contributed by atoms with Crippen LogP contribution in [0.1, 0.15) is 110 Å². The Morgan fingerprint density at radius 2 is 1.23 bits per heavy atom. The van der Waals surface area contributed by atoms with Gasteiger partial charge in [-0.05, 0) is 91.9 Å². The number of aliphatic hydroxyl groups is 1. The molecular formula is C46H51N7O4. The highest BCUT2D eigenvalue weighted by Gasteiger charge is 2.35. The number of nitrogens with zero attached hydrogens (tertiary/aromatic N) is 5.